The van der Waals surface area contributed by atoms with E-state index < -0.39 is 41.0 Å². The third-order valence-electron chi connectivity index (χ3n) is 9.87. The SMILES string of the molecule is CC(C)(C)C(Cn1ncn(-c2ccc(N3CCN(c4ccc(OC[C@@H]5CO[C@@](Cn6cncn6)(c6ccc(F)cc6F)O5)cc4)CC3)cc2)c1=O)OC(=O)CCl. The number of halogens is 3. The van der Waals surface area contributed by atoms with Gasteiger partial charge in [-0.05, 0) is 60.7 Å². The van der Waals surface area contributed by atoms with E-state index in [0.717, 1.165) is 49.7 Å². The predicted octanol–water partition coefficient (Wildman–Crippen LogP) is 4.77. The summed E-state index contributed by atoms with van der Waals surface area (Å²) in [7, 11) is 0. The molecule has 0 bridgehead atoms. The van der Waals surface area contributed by atoms with Crippen LogP contribution in [-0.4, -0.2) is 92.6 Å². The number of aromatic nitrogens is 6. The highest BCUT2D eigenvalue weighted by molar-refractivity contribution is 6.26. The van der Waals surface area contributed by atoms with Crippen molar-refractivity contribution in [1.82, 2.24) is 29.1 Å². The lowest BCUT2D eigenvalue weighted by Gasteiger charge is -2.37. The number of alkyl halides is 1. The average Bonchev–Trinajstić information content (AvgIpc) is 3.95. The van der Waals surface area contributed by atoms with Gasteiger partial charge < -0.3 is 28.7 Å². The Balaban J connectivity index is 0.911. The Bertz CT molecular complexity index is 2150. The van der Waals surface area contributed by atoms with E-state index in [0.29, 0.717) is 11.4 Å². The van der Waals surface area contributed by atoms with E-state index in [1.807, 2.05) is 69.3 Å². The first-order chi connectivity index (χ1) is 26.9. The summed E-state index contributed by atoms with van der Waals surface area (Å²) in [6.07, 6.45) is 3.19. The summed E-state index contributed by atoms with van der Waals surface area (Å²) < 4.78 is 56.7. The molecule has 2 aliphatic heterocycles. The van der Waals surface area contributed by atoms with Gasteiger partial charge in [-0.1, -0.05) is 20.8 Å². The zero-order valence-electron chi connectivity index (χ0n) is 31.3. The van der Waals surface area contributed by atoms with Gasteiger partial charge in [0.1, 0.15) is 67.6 Å². The number of hydrogen-bond acceptors (Lipinski definition) is 11. The van der Waals surface area contributed by atoms with Crippen LogP contribution in [0.5, 0.6) is 5.75 Å². The Morgan fingerprint density at radius 1 is 0.946 bits per heavy atom. The number of rotatable bonds is 13. The van der Waals surface area contributed by atoms with E-state index in [1.54, 1.807) is 0 Å². The highest BCUT2D eigenvalue weighted by Crippen LogP contribution is 2.38. The summed E-state index contributed by atoms with van der Waals surface area (Å²) in [4.78, 5) is 33.7. The van der Waals surface area contributed by atoms with Gasteiger partial charge in [0, 0.05) is 54.6 Å². The third-order valence-corrected chi connectivity index (χ3v) is 10.1. The third kappa shape index (κ3) is 8.72. The molecule has 5 aromatic rings. The largest absolute Gasteiger partial charge is 0.491 e. The minimum atomic E-state index is -1.53. The Kier molecular flexibility index (Phi) is 11.4. The van der Waals surface area contributed by atoms with Gasteiger partial charge in [-0.3, -0.25) is 4.79 Å². The van der Waals surface area contributed by atoms with Gasteiger partial charge in [0.2, 0.25) is 5.79 Å². The molecule has 3 aromatic carbocycles. The molecule has 17 heteroatoms. The smallest absolute Gasteiger partial charge is 0.350 e. The van der Waals surface area contributed by atoms with E-state index >= 15 is 0 Å². The van der Waals surface area contributed by atoms with Gasteiger partial charge in [-0.25, -0.2) is 32.5 Å². The van der Waals surface area contributed by atoms with Crippen LogP contribution in [0, 0.1) is 17.0 Å². The standard InChI is InChI=1S/C39H43ClF2N8O6/c1-38(2,3)35(55-36(51)19-40)20-50-37(52)49(26-45-50)30-7-5-28(6-8-30)46-14-16-47(17-15-46)29-9-11-31(12-10-29)53-21-32-22-54-39(56-32,23-48-25-43-24-44-48)33-13-4-27(41)18-34(33)42/h4-13,18,24-26,32,35H,14-17,19-23H2,1-3H3/t32-,35?,39-/m1/s1. The molecular weight excluding hydrogens is 750 g/mol. The van der Waals surface area contributed by atoms with Gasteiger partial charge in [-0.15, -0.1) is 11.6 Å². The summed E-state index contributed by atoms with van der Waals surface area (Å²) in [6.45, 7) is 9.39. The lowest BCUT2D eigenvalue weighted by molar-refractivity contribution is -0.192. The van der Waals surface area contributed by atoms with Crippen molar-refractivity contribution < 1.29 is 32.5 Å². The van der Waals surface area contributed by atoms with Crippen molar-refractivity contribution in [2.24, 2.45) is 5.41 Å². The molecule has 0 N–H and O–H groups in total. The maximum atomic E-state index is 14.9. The first-order valence-corrected chi connectivity index (χ1v) is 18.8. The molecule has 14 nitrogen and oxygen atoms in total. The normalized spacial score (nSPS) is 19.3. The lowest BCUT2D eigenvalue weighted by Crippen LogP contribution is -2.46. The minimum Gasteiger partial charge on any atom is -0.491 e. The molecule has 2 aliphatic rings. The molecule has 0 spiro atoms. The monoisotopic (exact) mass is 792 g/mol. The van der Waals surface area contributed by atoms with Crippen molar-refractivity contribution in [3.63, 3.8) is 0 Å². The number of nitrogens with zero attached hydrogens (tertiary/aromatic N) is 8. The molecular formula is C39H43ClF2N8O6. The van der Waals surface area contributed by atoms with E-state index in [1.165, 1.54) is 39.0 Å². The number of benzene rings is 3. The maximum Gasteiger partial charge on any atom is 0.350 e. The van der Waals surface area contributed by atoms with Crippen LogP contribution >= 0.6 is 11.6 Å². The van der Waals surface area contributed by atoms with E-state index in [4.69, 9.17) is 30.5 Å². The van der Waals surface area contributed by atoms with Crippen LogP contribution in [-0.2, 0) is 37.9 Å². The molecule has 2 saturated heterocycles. The van der Waals surface area contributed by atoms with Crippen LogP contribution in [0.15, 0.2) is 90.5 Å². The van der Waals surface area contributed by atoms with Gasteiger partial charge in [0.25, 0.3) is 0 Å². The fraction of sp³-hybridized carbons (Fsp3) is 0.410. The van der Waals surface area contributed by atoms with Crippen molar-refractivity contribution in [1.29, 1.82) is 0 Å². The summed E-state index contributed by atoms with van der Waals surface area (Å²) in [5, 5.41) is 8.38. The van der Waals surface area contributed by atoms with Crippen molar-refractivity contribution in [3.05, 3.63) is 113 Å². The van der Waals surface area contributed by atoms with Crippen LogP contribution < -0.4 is 20.2 Å². The molecule has 4 heterocycles. The second-order valence-corrected chi connectivity index (χ2v) is 15.0. The predicted molar refractivity (Wildman–Crippen MR) is 203 cm³/mol. The van der Waals surface area contributed by atoms with Gasteiger partial charge >= 0.3 is 11.7 Å². The van der Waals surface area contributed by atoms with Crippen LogP contribution in [0.3, 0.4) is 0 Å². The molecule has 0 aliphatic carbocycles. The molecule has 0 saturated carbocycles. The number of hydrogen-bond donors (Lipinski definition) is 0. The lowest BCUT2D eigenvalue weighted by atomic mass is 9.89. The Morgan fingerprint density at radius 3 is 2.21 bits per heavy atom. The van der Waals surface area contributed by atoms with E-state index in [-0.39, 0.29) is 43.4 Å². The number of anilines is 2. The number of esters is 1. The minimum absolute atomic E-state index is 0.0177. The van der Waals surface area contributed by atoms with Crippen molar-refractivity contribution in [2.75, 3.05) is 55.1 Å². The molecule has 7 rings (SSSR count). The van der Waals surface area contributed by atoms with Crippen LogP contribution in [0.4, 0.5) is 20.2 Å². The Hall–Kier alpha value is -5.32. The molecule has 296 valence electrons. The van der Waals surface area contributed by atoms with Gasteiger partial charge in [0.05, 0.1) is 18.8 Å². The average molecular weight is 793 g/mol. The van der Waals surface area contributed by atoms with Gasteiger partial charge in [0.15, 0.2) is 0 Å². The Labute approximate surface area is 327 Å². The topological polar surface area (TPSA) is 131 Å². The highest BCUT2D eigenvalue weighted by atomic mass is 35.5. The summed E-state index contributed by atoms with van der Waals surface area (Å²) in [5.41, 5.74) is 2.09. The van der Waals surface area contributed by atoms with Crippen LogP contribution in [0.1, 0.15) is 26.3 Å². The zero-order valence-corrected chi connectivity index (χ0v) is 32.0. The number of carbonyl (C=O) groups is 1. The van der Waals surface area contributed by atoms with Crippen LogP contribution in [0.2, 0.25) is 0 Å². The number of ether oxygens (including phenoxy) is 4. The molecule has 2 fully saturated rings. The molecule has 0 amide bonds. The quantitative estimate of drug-likeness (QED) is 0.121. The van der Waals surface area contributed by atoms with E-state index in [9.17, 15) is 18.4 Å². The van der Waals surface area contributed by atoms with Crippen molar-refractivity contribution in [2.45, 2.75) is 51.9 Å². The van der Waals surface area contributed by atoms with Gasteiger partial charge in [-0.2, -0.15) is 10.2 Å². The molecule has 3 atom stereocenters. The number of carbonyl (C=O) groups excluding carboxylic acids is 1. The molecule has 0 radical (unpaired) electrons. The van der Waals surface area contributed by atoms with E-state index in [2.05, 4.69) is 25.0 Å². The molecule has 1 unspecified atom stereocenters. The van der Waals surface area contributed by atoms with Crippen LogP contribution in [0.25, 0.3) is 5.69 Å². The summed E-state index contributed by atoms with van der Waals surface area (Å²) in [5.74, 6) is -3.18. The fourth-order valence-corrected chi connectivity index (χ4v) is 6.81. The maximum absolute atomic E-state index is 14.9. The molecule has 2 aromatic heterocycles. The van der Waals surface area contributed by atoms with Crippen molar-refractivity contribution in [3.8, 4) is 11.4 Å². The second kappa shape index (κ2) is 16.4. The summed E-state index contributed by atoms with van der Waals surface area (Å²) in [6, 6.07) is 18.9. The number of piperazine rings is 1. The highest BCUT2D eigenvalue weighted by Gasteiger charge is 2.46. The zero-order chi connectivity index (χ0) is 39.5. The second-order valence-electron chi connectivity index (χ2n) is 14.8. The fourth-order valence-electron chi connectivity index (χ4n) is 6.75. The summed E-state index contributed by atoms with van der Waals surface area (Å²) >= 11 is 5.64. The Morgan fingerprint density at radius 2 is 1.61 bits per heavy atom. The molecule has 56 heavy (non-hydrogen) atoms. The first-order valence-electron chi connectivity index (χ1n) is 18.2. The van der Waals surface area contributed by atoms with Crippen molar-refractivity contribution >= 4 is 28.9 Å². The first kappa shape index (κ1) is 38.9.